The molecule has 2 aromatic heterocycles. The molecule has 2 aromatic rings. The highest BCUT2D eigenvalue weighted by atomic mass is 32.2. The second-order valence-corrected chi connectivity index (χ2v) is 10.5. The van der Waals surface area contributed by atoms with Gasteiger partial charge in [0.15, 0.2) is 5.65 Å². The fraction of sp³-hybridized carbons (Fsp3) is 0.611. The lowest BCUT2D eigenvalue weighted by molar-refractivity contribution is -0.0955. The average Bonchev–Trinajstić information content (AvgIpc) is 3.15. The van der Waals surface area contributed by atoms with Gasteiger partial charge in [-0.05, 0) is 44.6 Å². The van der Waals surface area contributed by atoms with E-state index in [0.717, 1.165) is 4.31 Å². The quantitative estimate of drug-likeness (QED) is 0.426. The third-order valence-electron chi connectivity index (χ3n) is 6.97. The van der Waals surface area contributed by atoms with Gasteiger partial charge >= 0.3 is 0 Å². The number of aromatic nitrogens is 3. The standard InChI is InChI=1S/C18H23F2N7O2S/c19-18(20)10-26(11-18)30(28,29)25-17-5-2-16(3-6-17,4-7-17)15(22)27-12-1-8-23-14(12)24-9-13(27)21/h1,8-9,21-23,25H,2-7,10-11H2. The maximum Gasteiger partial charge on any atom is 0.280 e. The van der Waals surface area contributed by atoms with E-state index in [1.54, 1.807) is 16.8 Å². The van der Waals surface area contributed by atoms with E-state index in [1.165, 1.54) is 6.20 Å². The van der Waals surface area contributed by atoms with Gasteiger partial charge in [-0.3, -0.25) is 15.4 Å². The van der Waals surface area contributed by atoms with E-state index in [9.17, 15) is 17.2 Å². The third-order valence-corrected chi connectivity index (χ3v) is 8.60. The zero-order chi connectivity index (χ0) is 21.4. The van der Waals surface area contributed by atoms with Crippen LogP contribution in [0.3, 0.4) is 0 Å². The molecule has 3 heterocycles. The fourth-order valence-electron chi connectivity index (χ4n) is 5.10. The second kappa shape index (κ2) is 6.17. The van der Waals surface area contributed by atoms with Crippen molar-refractivity contribution >= 4 is 27.2 Å². The van der Waals surface area contributed by atoms with Crippen LogP contribution in [0.15, 0.2) is 18.5 Å². The third kappa shape index (κ3) is 2.92. The van der Waals surface area contributed by atoms with Crippen LogP contribution in [0.4, 0.5) is 8.78 Å². The Labute approximate surface area is 171 Å². The molecule has 3 saturated carbocycles. The van der Waals surface area contributed by atoms with Gasteiger partial charge in [0.05, 0.1) is 24.8 Å². The van der Waals surface area contributed by atoms with Crippen molar-refractivity contribution in [2.75, 3.05) is 13.1 Å². The predicted molar refractivity (Wildman–Crippen MR) is 105 cm³/mol. The van der Waals surface area contributed by atoms with Gasteiger partial charge < -0.3 is 4.98 Å². The van der Waals surface area contributed by atoms with Gasteiger partial charge in [-0.1, -0.05) is 0 Å². The molecule has 12 heteroatoms. The Morgan fingerprint density at radius 3 is 2.40 bits per heavy atom. The number of nitrogens with one attached hydrogen (secondary N) is 4. The van der Waals surface area contributed by atoms with Gasteiger partial charge in [0.2, 0.25) is 0 Å². The lowest BCUT2D eigenvalue weighted by Crippen LogP contribution is -2.66. The van der Waals surface area contributed by atoms with E-state index in [-0.39, 0.29) is 5.49 Å². The van der Waals surface area contributed by atoms with E-state index in [2.05, 4.69) is 14.7 Å². The SMILES string of the molecule is N=C(n1c(=N)cnc2[nH]ccc21)C12CCC(NS(=O)(=O)N3CC(F)(F)C3)(CC1)CC2. The van der Waals surface area contributed by atoms with Crippen molar-refractivity contribution in [1.29, 1.82) is 10.8 Å². The summed E-state index contributed by atoms with van der Waals surface area (Å²) in [5.74, 6) is -2.62. The Hall–Kier alpha value is -2.18. The molecule has 4 fully saturated rings. The Bertz CT molecular complexity index is 1170. The molecule has 30 heavy (non-hydrogen) atoms. The maximum absolute atomic E-state index is 13.1. The van der Waals surface area contributed by atoms with Crippen LogP contribution in [0.1, 0.15) is 38.5 Å². The lowest BCUT2D eigenvalue weighted by Gasteiger charge is -2.54. The van der Waals surface area contributed by atoms with Gasteiger partial charge in [-0.25, -0.2) is 13.8 Å². The summed E-state index contributed by atoms with van der Waals surface area (Å²) >= 11 is 0. The average molecular weight is 439 g/mol. The highest BCUT2D eigenvalue weighted by molar-refractivity contribution is 7.87. The first kappa shape index (κ1) is 19.8. The van der Waals surface area contributed by atoms with Crippen molar-refractivity contribution in [3.05, 3.63) is 23.9 Å². The Balaban J connectivity index is 1.36. The summed E-state index contributed by atoms with van der Waals surface area (Å²) in [6.07, 6.45) is 6.55. The van der Waals surface area contributed by atoms with Crippen LogP contribution in [0.25, 0.3) is 11.2 Å². The summed E-state index contributed by atoms with van der Waals surface area (Å²) in [5, 5.41) is 17.2. The number of aromatic amines is 1. The van der Waals surface area contributed by atoms with Crippen molar-refractivity contribution in [1.82, 2.24) is 23.6 Å². The second-order valence-electron chi connectivity index (χ2n) is 8.83. The summed E-state index contributed by atoms with van der Waals surface area (Å²) in [6, 6.07) is 1.79. The van der Waals surface area contributed by atoms with E-state index in [0.29, 0.717) is 55.5 Å². The molecule has 4 aliphatic rings. The molecule has 0 unspecified atom stereocenters. The molecule has 1 aliphatic heterocycles. The summed E-state index contributed by atoms with van der Waals surface area (Å²) in [4.78, 5) is 7.18. The zero-order valence-corrected chi connectivity index (χ0v) is 17.0. The van der Waals surface area contributed by atoms with E-state index < -0.39 is 40.2 Å². The number of hydrogen-bond donors (Lipinski definition) is 4. The van der Waals surface area contributed by atoms with Crippen molar-refractivity contribution in [2.45, 2.75) is 50.0 Å². The zero-order valence-electron chi connectivity index (χ0n) is 16.2. The largest absolute Gasteiger partial charge is 0.345 e. The summed E-state index contributed by atoms with van der Waals surface area (Å²) in [7, 11) is -3.96. The first-order valence-corrected chi connectivity index (χ1v) is 11.4. The minimum Gasteiger partial charge on any atom is -0.345 e. The first-order chi connectivity index (χ1) is 14.1. The van der Waals surface area contributed by atoms with E-state index in [1.807, 2.05) is 0 Å². The Morgan fingerprint density at radius 1 is 1.17 bits per heavy atom. The van der Waals surface area contributed by atoms with Crippen LogP contribution in [0.2, 0.25) is 0 Å². The number of alkyl halides is 2. The summed E-state index contributed by atoms with van der Waals surface area (Å²) in [5.41, 5.74) is 0.310. The van der Waals surface area contributed by atoms with Crippen LogP contribution in [0.5, 0.6) is 0 Å². The summed E-state index contributed by atoms with van der Waals surface area (Å²) < 4.78 is 56.4. The highest BCUT2D eigenvalue weighted by Gasteiger charge is 2.55. The molecule has 0 aromatic carbocycles. The monoisotopic (exact) mass is 439 g/mol. The topological polar surface area (TPSA) is 131 Å². The van der Waals surface area contributed by atoms with Crippen molar-refractivity contribution < 1.29 is 17.2 Å². The first-order valence-electron chi connectivity index (χ1n) is 9.91. The molecule has 4 N–H and O–H groups in total. The summed E-state index contributed by atoms with van der Waals surface area (Å²) in [6.45, 7) is -1.55. The molecular weight excluding hydrogens is 416 g/mol. The highest BCUT2D eigenvalue weighted by Crippen LogP contribution is 2.53. The van der Waals surface area contributed by atoms with Gasteiger partial charge in [0.1, 0.15) is 11.3 Å². The molecule has 0 atom stereocenters. The Kier molecular flexibility index (Phi) is 4.07. The number of nitrogens with zero attached hydrogens (tertiary/aromatic N) is 3. The van der Waals surface area contributed by atoms with E-state index in [4.69, 9.17) is 10.8 Å². The number of hydrogen-bond acceptors (Lipinski definition) is 5. The molecule has 6 rings (SSSR count). The van der Waals surface area contributed by atoms with Crippen molar-refractivity contribution in [3.8, 4) is 0 Å². The van der Waals surface area contributed by atoms with E-state index >= 15 is 0 Å². The Morgan fingerprint density at radius 2 is 1.80 bits per heavy atom. The normalized spacial score (nSPS) is 31.0. The van der Waals surface area contributed by atoms with Gasteiger partial charge in [0, 0.05) is 17.2 Å². The number of halogens is 2. The lowest BCUT2D eigenvalue weighted by atomic mass is 9.57. The molecule has 2 bridgehead atoms. The molecule has 1 saturated heterocycles. The molecular formula is C18H23F2N7O2S. The van der Waals surface area contributed by atoms with Crippen LogP contribution in [-0.4, -0.2) is 57.6 Å². The maximum atomic E-state index is 13.1. The van der Waals surface area contributed by atoms with Gasteiger partial charge in [0.25, 0.3) is 16.1 Å². The molecule has 0 radical (unpaired) electrons. The van der Waals surface area contributed by atoms with Crippen LogP contribution >= 0.6 is 0 Å². The van der Waals surface area contributed by atoms with Gasteiger partial charge in [-0.15, -0.1) is 0 Å². The molecule has 3 aliphatic carbocycles. The smallest absolute Gasteiger partial charge is 0.280 e. The van der Waals surface area contributed by atoms with Gasteiger partial charge in [-0.2, -0.15) is 17.4 Å². The van der Waals surface area contributed by atoms with Crippen LogP contribution in [-0.2, 0) is 10.2 Å². The predicted octanol–water partition coefficient (Wildman–Crippen LogP) is 1.55. The number of fused-ring (bicyclic) bond motifs is 4. The minimum absolute atomic E-state index is 0.128. The fourth-order valence-corrected chi connectivity index (χ4v) is 6.80. The van der Waals surface area contributed by atoms with Crippen LogP contribution < -0.4 is 10.2 Å². The molecule has 0 spiro atoms. The minimum atomic E-state index is -3.96. The molecule has 9 nitrogen and oxygen atoms in total. The van der Waals surface area contributed by atoms with Crippen molar-refractivity contribution in [2.24, 2.45) is 5.41 Å². The number of rotatable bonds is 4. The molecule has 162 valence electrons. The number of H-pyrrole nitrogens is 1. The van der Waals surface area contributed by atoms with Crippen LogP contribution in [0, 0.1) is 16.2 Å². The van der Waals surface area contributed by atoms with Crippen molar-refractivity contribution in [3.63, 3.8) is 0 Å². The molecule has 0 amide bonds.